The maximum Gasteiger partial charge on any atom is 0.411 e. The van der Waals surface area contributed by atoms with E-state index in [2.05, 4.69) is 16.1 Å². The predicted molar refractivity (Wildman–Crippen MR) is 120 cm³/mol. The molecule has 35 heavy (non-hydrogen) atoms. The monoisotopic (exact) mass is 512 g/mol. The summed E-state index contributed by atoms with van der Waals surface area (Å²) >= 11 is 6.23. The molecular formula is C23H21ClF4N4O3. The maximum atomic E-state index is 13.5. The van der Waals surface area contributed by atoms with Crippen molar-refractivity contribution in [3.8, 4) is 0 Å². The number of nitrogens with zero attached hydrogens (tertiary/aromatic N) is 1. The van der Waals surface area contributed by atoms with E-state index < -0.39 is 30.7 Å². The largest absolute Gasteiger partial charge is 0.411 e. The standard InChI is InChI=1S/C23H21ClF4N4O3/c24-16-6-13(11-35-12-23(26,27)28)5-14(7-16)19-9-20(30-22(34)15-8-21(33)29-10-15)31-32(19)18-3-1-17(25)2-4-18/h1-7,9,15,20,31H,8,10-12H2,(H,29,33)(H,30,34)/t15-,20?/m0/s1. The van der Waals surface area contributed by atoms with Crippen LogP contribution in [0.25, 0.3) is 5.70 Å². The maximum absolute atomic E-state index is 13.5. The number of amides is 2. The molecule has 0 aliphatic carbocycles. The molecule has 0 saturated carbocycles. The van der Waals surface area contributed by atoms with Gasteiger partial charge in [0, 0.05) is 23.6 Å². The summed E-state index contributed by atoms with van der Waals surface area (Å²) in [5, 5.41) is 7.31. The number of halogens is 5. The highest BCUT2D eigenvalue weighted by molar-refractivity contribution is 6.30. The van der Waals surface area contributed by atoms with E-state index >= 15 is 0 Å². The Kier molecular flexibility index (Phi) is 7.29. The SMILES string of the molecule is O=C1C[C@H](C(=O)NC2C=C(c3cc(Cl)cc(COCC(F)(F)F)c3)N(c3ccc(F)cc3)N2)CN1. The number of carbonyl (C=O) groups is 2. The van der Waals surface area contributed by atoms with Crippen LogP contribution in [-0.2, 0) is 20.9 Å². The quantitative estimate of drug-likeness (QED) is 0.495. The molecule has 2 heterocycles. The lowest BCUT2D eigenvalue weighted by Gasteiger charge is -2.25. The van der Waals surface area contributed by atoms with Crippen LogP contribution in [0.2, 0.25) is 5.02 Å². The second-order valence-corrected chi connectivity index (χ2v) is 8.58. The molecule has 2 aliphatic rings. The molecule has 2 amide bonds. The summed E-state index contributed by atoms with van der Waals surface area (Å²) in [6, 6.07) is 10.3. The molecule has 12 heteroatoms. The molecule has 1 fully saturated rings. The number of alkyl halides is 3. The van der Waals surface area contributed by atoms with Crippen molar-refractivity contribution in [2.75, 3.05) is 18.2 Å². The van der Waals surface area contributed by atoms with Crippen LogP contribution in [-0.4, -0.2) is 37.3 Å². The van der Waals surface area contributed by atoms with Gasteiger partial charge in [-0.3, -0.25) is 14.6 Å². The number of rotatable bonds is 7. The third-order valence-corrected chi connectivity index (χ3v) is 5.57. The molecule has 7 nitrogen and oxygen atoms in total. The van der Waals surface area contributed by atoms with Gasteiger partial charge in [-0.25, -0.2) is 9.82 Å². The predicted octanol–water partition coefficient (Wildman–Crippen LogP) is 3.50. The molecular weight excluding hydrogens is 492 g/mol. The number of anilines is 1. The zero-order valence-corrected chi connectivity index (χ0v) is 18.9. The molecule has 2 atom stereocenters. The van der Waals surface area contributed by atoms with Crippen molar-refractivity contribution >= 4 is 34.8 Å². The molecule has 0 spiro atoms. The zero-order chi connectivity index (χ0) is 25.2. The van der Waals surface area contributed by atoms with Gasteiger partial charge in [0.1, 0.15) is 18.6 Å². The lowest BCUT2D eigenvalue weighted by Crippen LogP contribution is -2.48. The van der Waals surface area contributed by atoms with E-state index in [9.17, 15) is 27.2 Å². The van der Waals surface area contributed by atoms with Crippen molar-refractivity contribution in [1.29, 1.82) is 0 Å². The van der Waals surface area contributed by atoms with E-state index in [1.807, 2.05) is 0 Å². The molecule has 3 N–H and O–H groups in total. The molecule has 2 aromatic carbocycles. The van der Waals surface area contributed by atoms with E-state index in [1.54, 1.807) is 23.2 Å². The van der Waals surface area contributed by atoms with Crippen LogP contribution >= 0.6 is 11.6 Å². The Balaban J connectivity index is 1.59. The average molecular weight is 513 g/mol. The first-order valence-electron chi connectivity index (χ1n) is 10.6. The number of benzene rings is 2. The molecule has 2 aromatic rings. The lowest BCUT2D eigenvalue weighted by molar-refractivity contribution is -0.176. The van der Waals surface area contributed by atoms with E-state index in [4.69, 9.17) is 16.3 Å². The second kappa shape index (κ2) is 10.2. The minimum absolute atomic E-state index is 0.0897. The van der Waals surface area contributed by atoms with Gasteiger partial charge in [-0.05, 0) is 54.1 Å². The van der Waals surface area contributed by atoms with Crippen molar-refractivity contribution in [3.05, 3.63) is 70.5 Å². The fraction of sp³-hybridized carbons (Fsp3) is 0.304. The smallest absolute Gasteiger partial charge is 0.367 e. The van der Waals surface area contributed by atoms with Gasteiger partial charge in [-0.2, -0.15) is 13.2 Å². The molecule has 0 aromatic heterocycles. The highest BCUT2D eigenvalue weighted by Gasteiger charge is 2.32. The van der Waals surface area contributed by atoms with Gasteiger partial charge in [0.15, 0.2) is 0 Å². The van der Waals surface area contributed by atoms with Gasteiger partial charge in [-0.15, -0.1) is 0 Å². The third-order valence-electron chi connectivity index (χ3n) is 5.35. The van der Waals surface area contributed by atoms with Crippen LogP contribution in [0, 0.1) is 11.7 Å². The Morgan fingerprint density at radius 2 is 1.94 bits per heavy atom. The van der Waals surface area contributed by atoms with Gasteiger partial charge < -0.3 is 15.4 Å². The van der Waals surface area contributed by atoms with E-state index in [0.29, 0.717) is 22.5 Å². The second-order valence-electron chi connectivity index (χ2n) is 8.14. The number of carbonyl (C=O) groups excluding carboxylic acids is 2. The number of ether oxygens (including phenoxy) is 1. The van der Waals surface area contributed by atoms with Gasteiger partial charge in [0.2, 0.25) is 11.8 Å². The summed E-state index contributed by atoms with van der Waals surface area (Å²) in [4.78, 5) is 24.1. The minimum atomic E-state index is -4.45. The zero-order valence-electron chi connectivity index (χ0n) is 18.2. The van der Waals surface area contributed by atoms with Crippen LogP contribution < -0.4 is 21.1 Å². The summed E-state index contributed by atoms with van der Waals surface area (Å²) < 4.78 is 55.6. The average Bonchev–Trinajstić information content (AvgIpc) is 3.39. The molecule has 1 saturated heterocycles. The van der Waals surface area contributed by atoms with Crippen molar-refractivity contribution in [2.24, 2.45) is 5.92 Å². The normalized spacial score (nSPS) is 20.1. The summed E-state index contributed by atoms with van der Waals surface area (Å²) in [5.41, 5.74) is 5.13. The van der Waals surface area contributed by atoms with Crippen LogP contribution in [0.4, 0.5) is 23.2 Å². The number of hydrogen-bond donors (Lipinski definition) is 3. The number of hydrogen-bond acceptors (Lipinski definition) is 5. The summed E-state index contributed by atoms with van der Waals surface area (Å²) in [6.07, 6.45) is -3.35. The highest BCUT2D eigenvalue weighted by Crippen LogP contribution is 2.31. The van der Waals surface area contributed by atoms with E-state index in [1.165, 1.54) is 30.3 Å². The van der Waals surface area contributed by atoms with Crippen LogP contribution in [0.15, 0.2) is 48.5 Å². The molecule has 1 unspecified atom stereocenters. The lowest BCUT2D eigenvalue weighted by atomic mass is 10.1. The van der Waals surface area contributed by atoms with Crippen molar-refractivity contribution in [2.45, 2.75) is 25.4 Å². The fourth-order valence-corrected chi connectivity index (χ4v) is 4.07. The number of nitrogens with one attached hydrogen (secondary N) is 3. The van der Waals surface area contributed by atoms with Crippen molar-refractivity contribution < 1.29 is 31.9 Å². The molecule has 2 aliphatic heterocycles. The Morgan fingerprint density at radius 3 is 2.60 bits per heavy atom. The topological polar surface area (TPSA) is 82.7 Å². The Bertz CT molecular complexity index is 1140. The van der Waals surface area contributed by atoms with Crippen LogP contribution in [0.3, 0.4) is 0 Å². The van der Waals surface area contributed by atoms with Gasteiger partial charge in [-0.1, -0.05) is 11.6 Å². The van der Waals surface area contributed by atoms with Crippen molar-refractivity contribution in [1.82, 2.24) is 16.1 Å². The summed E-state index contributed by atoms with van der Waals surface area (Å²) in [5.74, 6) is -1.48. The Morgan fingerprint density at radius 1 is 1.20 bits per heavy atom. The first kappa shape index (κ1) is 25.0. The van der Waals surface area contributed by atoms with Crippen LogP contribution in [0.1, 0.15) is 17.5 Å². The van der Waals surface area contributed by atoms with E-state index in [0.717, 1.165) is 0 Å². The van der Waals surface area contributed by atoms with Gasteiger partial charge in [0.25, 0.3) is 0 Å². The number of hydrazine groups is 1. The van der Waals surface area contributed by atoms with Gasteiger partial charge in [0.05, 0.1) is 23.9 Å². The molecule has 4 rings (SSSR count). The Labute approximate surface area is 203 Å². The Hall–Kier alpha value is -3.15. The minimum Gasteiger partial charge on any atom is -0.367 e. The van der Waals surface area contributed by atoms with Crippen molar-refractivity contribution in [3.63, 3.8) is 0 Å². The molecule has 0 radical (unpaired) electrons. The first-order chi connectivity index (χ1) is 16.6. The van der Waals surface area contributed by atoms with Gasteiger partial charge >= 0.3 is 6.18 Å². The first-order valence-corrected chi connectivity index (χ1v) is 11.0. The molecule has 0 bridgehead atoms. The van der Waals surface area contributed by atoms with E-state index in [-0.39, 0.29) is 36.4 Å². The molecule has 186 valence electrons. The highest BCUT2D eigenvalue weighted by atomic mass is 35.5. The van der Waals surface area contributed by atoms with Crippen LogP contribution in [0.5, 0.6) is 0 Å². The third kappa shape index (κ3) is 6.50. The summed E-state index contributed by atoms with van der Waals surface area (Å²) in [7, 11) is 0. The summed E-state index contributed by atoms with van der Waals surface area (Å²) in [6.45, 7) is -1.47. The fourth-order valence-electron chi connectivity index (χ4n) is 3.81.